The smallest absolute Gasteiger partial charge is 0.250 e. The van der Waals surface area contributed by atoms with E-state index in [1.165, 1.54) is 11.8 Å². The quantitative estimate of drug-likeness (QED) is 0.516. The summed E-state index contributed by atoms with van der Waals surface area (Å²) in [5.41, 5.74) is 4.63. The summed E-state index contributed by atoms with van der Waals surface area (Å²) in [7, 11) is 0. The molecule has 3 nitrogen and oxygen atoms in total. The van der Waals surface area contributed by atoms with Crippen molar-refractivity contribution in [2.45, 2.75) is 11.8 Å². The number of halogens is 1. The maximum Gasteiger partial charge on any atom is 0.250 e. The minimum Gasteiger partial charge on any atom is -0.272 e. The second-order valence-electron chi connectivity index (χ2n) is 4.45. The number of hydrogen-bond acceptors (Lipinski definition) is 3. The Morgan fingerprint density at radius 3 is 2.76 bits per heavy atom. The second kappa shape index (κ2) is 7.86. The Hall–Kier alpha value is -1.78. The number of nitrogens with zero attached hydrogens (tertiary/aromatic N) is 1. The summed E-state index contributed by atoms with van der Waals surface area (Å²) in [5.74, 6) is 0.172. The minimum atomic E-state index is -0.140. The largest absolute Gasteiger partial charge is 0.272 e. The van der Waals surface area contributed by atoms with E-state index < -0.39 is 0 Å². The molecule has 108 valence electrons. The van der Waals surface area contributed by atoms with Gasteiger partial charge in [0.15, 0.2) is 0 Å². The highest BCUT2D eigenvalue weighted by molar-refractivity contribution is 8.00. The number of carbonyl (C=O) groups is 1. The highest BCUT2D eigenvalue weighted by Crippen LogP contribution is 2.19. The Bertz CT molecular complexity index is 641. The van der Waals surface area contributed by atoms with Gasteiger partial charge in [0.05, 0.1) is 12.0 Å². The van der Waals surface area contributed by atoms with E-state index in [1.807, 2.05) is 43.3 Å². The van der Waals surface area contributed by atoms with Crippen molar-refractivity contribution in [1.82, 2.24) is 5.43 Å². The van der Waals surface area contributed by atoms with Gasteiger partial charge in [-0.2, -0.15) is 5.10 Å². The predicted molar refractivity (Wildman–Crippen MR) is 89.1 cm³/mol. The average Bonchev–Trinajstić information content (AvgIpc) is 2.47. The zero-order valence-electron chi connectivity index (χ0n) is 11.5. The molecule has 0 aromatic heterocycles. The summed E-state index contributed by atoms with van der Waals surface area (Å²) >= 11 is 7.25. The maximum absolute atomic E-state index is 11.7. The topological polar surface area (TPSA) is 41.5 Å². The zero-order valence-corrected chi connectivity index (χ0v) is 13.1. The van der Waals surface area contributed by atoms with Crippen molar-refractivity contribution in [3.63, 3.8) is 0 Å². The number of hydrogen-bond donors (Lipinski definition) is 1. The lowest BCUT2D eigenvalue weighted by Gasteiger charge is -2.01. The SMILES string of the molecule is Cc1cccc(/C=N\NC(=O)CSc2ccc(Cl)cc2)c1. The van der Waals surface area contributed by atoms with Gasteiger partial charge in [-0.3, -0.25) is 4.79 Å². The van der Waals surface area contributed by atoms with Crippen LogP contribution in [0.4, 0.5) is 0 Å². The molecule has 0 radical (unpaired) electrons. The van der Waals surface area contributed by atoms with Crippen molar-refractivity contribution in [2.75, 3.05) is 5.75 Å². The molecule has 0 saturated heterocycles. The summed E-state index contributed by atoms with van der Waals surface area (Å²) in [6.07, 6.45) is 1.64. The zero-order chi connectivity index (χ0) is 15.1. The average molecular weight is 319 g/mol. The molecule has 0 aliphatic rings. The van der Waals surface area contributed by atoms with E-state index in [2.05, 4.69) is 10.5 Å². The monoisotopic (exact) mass is 318 g/mol. The molecular weight excluding hydrogens is 304 g/mol. The van der Waals surface area contributed by atoms with Crippen LogP contribution in [0, 0.1) is 6.92 Å². The van der Waals surface area contributed by atoms with Crippen molar-refractivity contribution in [1.29, 1.82) is 0 Å². The van der Waals surface area contributed by atoms with Crippen molar-refractivity contribution in [3.8, 4) is 0 Å². The summed E-state index contributed by atoms with van der Waals surface area (Å²) in [6.45, 7) is 2.01. The van der Waals surface area contributed by atoms with E-state index in [0.29, 0.717) is 10.8 Å². The van der Waals surface area contributed by atoms with Crippen molar-refractivity contribution < 1.29 is 4.79 Å². The molecule has 0 saturated carbocycles. The Labute approximate surface area is 133 Å². The molecule has 0 fully saturated rings. The normalized spacial score (nSPS) is 10.8. The highest BCUT2D eigenvalue weighted by atomic mass is 35.5. The lowest BCUT2D eigenvalue weighted by Crippen LogP contribution is -2.19. The number of amides is 1. The Balaban J connectivity index is 1.78. The Kier molecular flexibility index (Phi) is 5.84. The Morgan fingerprint density at radius 1 is 1.29 bits per heavy atom. The summed E-state index contributed by atoms with van der Waals surface area (Å²) in [6, 6.07) is 15.3. The fourth-order valence-corrected chi connectivity index (χ4v) is 2.46. The van der Waals surface area contributed by atoms with Gasteiger partial charge in [0.25, 0.3) is 0 Å². The van der Waals surface area contributed by atoms with Crippen LogP contribution in [-0.4, -0.2) is 17.9 Å². The van der Waals surface area contributed by atoms with Gasteiger partial charge in [-0.15, -0.1) is 11.8 Å². The van der Waals surface area contributed by atoms with E-state index in [9.17, 15) is 4.79 Å². The van der Waals surface area contributed by atoms with Crippen LogP contribution in [0.25, 0.3) is 0 Å². The summed E-state index contributed by atoms with van der Waals surface area (Å²) in [4.78, 5) is 12.7. The number of rotatable bonds is 5. The molecule has 1 N–H and O–H groups in total. The van der Waals surface area contributed by atoms with E-state index >= 15 is 0 Å². The van der Waals surface area contributed by atoms with Crippen molar-refractivity contribution in [3.05, 3.63) is 64.7 Å². The first-order valence-corrected chi connectivity index (χ1v) is 7.77. The molecule has 0 bridgehead atoms. The van der Waals surface area contributed by atoms with E-state index in [4.69, 9.17) is 11.6 Å². The Morgan fingerprint density at radius 2 is 2.05 bits per heavy atom. The van der Waals surface area contributed by atoms with Gasteiger partial charge in [0.2, 0.25) is 5.91 Å². The molecule has 21 heavy (non-hydrogen) atoms. The van der Waals surface area contributed by atoms with Crippen LogP contribution in [0.2, 0.25) is 5.02 Å². The van der Waals surface area contributed by atoms with Gasteiger partial charge in [0, 0.05) is 9.92 Å². The molecule has 0 spiro atoms. The number of aryl methyl sites for hydroxylation is 1. The summed E-state index contributed by atoms with van der Waals surface area (Å²) < 4.78 is 0. The van der Waals surface area contributed by atoms with Gasteiger partial charge in [-0.25, -0.2) is 5.43 Å². The van der Waals surface area contributed by atoms with Crippen LogP contribution in [-0.2, 0) is 4.79 Å². The lowest BCUT2D eigenvalue weighted by molar-refractivity contribution is -0.118. The van der Waals surface area contributed by atoms with Crippen LogP contribution in [0.5, 0.6) is 0 Å². The molecule has 0 heterocycles. The molecule has 0 atom stereocenters. The van der Waals surface area contributed by atoms with Crippen LogP contribution in [0.15, 0.2) is 58.5 Å². The molecule has 2 rings (SSSR count). The van der Waals surface area contributed by atoms with Gasteiger partial charge >= 0.3 is 0 Å². The molecule has 0 unspecified atom stereocenters. The first kappa shape index (κ1) is 15.6. The minimum absolute atomic E-state index is 0.140. The number of thioether (sulfide) groups is 1. The third-order valence-corrected chi connectivity index (χ3v) is 3.89. The lowest BCUT2D eigenvalue weighted by atomic mass is 10.2. The van der Waals surface area contributed by atoms with Gasteiger partial charge < -0.3 is 0 Å². The van der Waals surface area contributed by atoms with Gasteiger partial charge in [-0.05, 0) is 36.8 Å². The number of benzene rings is 2. The van der Waals surface area contributed by atoms with Crippen molar-refractivity contribution >= 4 is 35.5 Å². The highest BCUT2D eigenvalue weighted by Gasteiger charge is 2.01. The van der Waals surface area contributed by atoms with E-state index in [0.717, 1.165) is 16.0 Å². The second-order valence-corrected chi connectivity index (χ2v) is 5.94. The van der Waals surface area contributed by atoms with Crippen LogP contribution >= 0.6 is 23.4 Å². The fourth-order valence-electron chi connectivity index (χ4n) is 1.64. The standard InChI is InChI=1S/C16H15ClN2OS/c1-12-3-2-4-13(9-12)10-18-19-16(20)11-21-15-7-5-14(17)6-8-15/h2-10H,11H2,1H3,(H,19,20)/b18-10-. The predicted octanol–water partition coefficient (Wildman–Crippen LogP) is 3.89. The third kappa shape index (κ3) is 5.61. The molecular formula is C16H15ClN2OS. The molecule has 1 amide bonds. The molecule has 2 aromatic carbocycles. The fraction of sp³-hybridized carbons (Fsp3) is 0.125. The first-order valence-electron chi connectivity index (χ1n) is 6.40. The molecule has 2 aromatic rings. The number of nitrogens with one attached hydrogen (secondary N) is 1. The number of hydrazone groups is 1. The molecule has 5 heteroatoms. The van der Waals surface area contributed by atoms with Crippen LogP contribution < -0.4 is 5.43 Å². The van der Waals surface area contributed by atoms with Gasteiger partial charge in [0.1, 0.15) is 0 Å². The first-order chi connectivity index (χ1) is 10.1. The third-order valence-electron chi connectivity index (χ3n) is 2.63. The van der Waals surface area contributed by atoms with E-state index in [1.54, 1.807) is 18.3 Å². The molecule has 0 aliphatic carbocycles. The van der Waals surface area contributed by atoms with Crippen LogP contribution in [0.3, 0.4) is 0 Å². The van der Waals surface area contributed by atoms with Crippen molar-refractivity contribution in [2.24, 2.45) is 5.10 Å². The maximum atomic E-state index is 11.7. The molecule has 0 aliphatic heterocycles. The number of carbonyl (C=O) groups excluding carboxylic acids is 1. The van der Waals surface area contributed by atoms with E-state index in [-0.39, 0.29) is 5.91 Å². The van der Waals surface area contributed by atoms with Crippen LogP contribution in [0.1, 0.15) is 11.1 Å². The summed E-state index contributed by atoms with van der Waals surface area (Å²) in [5, 5.41) is 4.64. The van der Waals surface area contributed by atoms with Gasteiger partial charge in [-0.1, -0.05) is 41.4 Å².